The van der Waals surface area contributed by atoms with Crippen LogP contribution in [-0.4, -0.2) is 0 Å². The molecule has 0 heterocycles. The van der Waals surface area contributed by atoms with Gasteiger partial charge >= 0.3 is 0 Å². The van der Waals surface area contributed by atoms with Crippen LogP contribution in [0.1, 0.15) is 179 Å². The third-order valence-electron chi connectivity index (χ3n) is 4.39. The third-order valence-corrected chi connectivity index (χ3v) is 4.39. The molecule has 0 aliphatic rings. The molecule has 0 bridgehead atoms. The summed E-state index contributed by atoms with van der Waals surface area (Å²) in [5, 5.41) is 0. The summed E-state index contributed by atoms with van der Waals surface area (Å²) in [6, 6.07) is 0. The second-order valence-electron chi connectivity index (χ2n) is 8.04. The fraction of sp³-hybridized carbons (Fsp3) is 0.933. The van der Waals surface area contributed by atoms with Gasteiger partial charge in [-0.05, 0) is 25.2 Å². The molecule has 0 fully saturated rings. The zero-order chi connectivity index (χ0) is 24.5. The topological polar surface area (TPSA) is 0 Å². The van der Waals surface area contributed by atoms with Crippen LogP contribution in [-0.2, 0) is 0 Å². The number of hydrogen-bond acceptors (Lipinski definition) is 0. The Labute approximate surface area is 197 Å². The lowest BCUT2D eigenvalue weighted by molar-refractivity contribution is 0.403. The van der Waals surface area contributed by atoms with Crippen molar-refractivity contribution in [2.45, 2.75) is 179 Å². The summed E-state index contributed by atoms with van der Waals surface area (Å²) < 4.78 is 0. The van der Waals surface area contributed by atoms with E-state index in [1.54, 1.807) is 0 Å². The van der Waals surface area contributed by atoms with Crippen molar-refractivity contribution in [2.75, 3.05) is 0 Å². The Hall–Kier alpha value is -0.260. The molecule has 0 saturated heterocycles. The predicted octanol–water partition coefficient (Wildman–Crippen LogP) is 12.6. The summed E-state index contributed by atoms with van der Waals surface area (Å²) in [5.74, 6) is 0.922. The van der Waals surface area contributed by atoms with Gasteiger partial charge in [0.2, 0.25) is 0 Å². The lowest BCUT2D eigenvalue weighted by Gasteiger charge is -2.18. The van der Waals surface area contributed by atoms with Crippen molar-refractivity contribution in [1.29, 1.82) is 0 Å². The Morgan fingerprint density at radius 1 is 0.533 bits per heavy atom. The van der Waals surface area contributed by atoms with E-state index < -0.39 is 0 Å². The fourth-order valence-electron chi connectivity index (χ4n) is 2.99. The standard InChI is InChI=1S/C20H40.2C3H8.2C2H6/c1-5-8-11-12-13-14-17-20(16-10-7-3)18-19(4)15-9-6-2;2*1-3-2;2*1-2/h20H,4-18H2,1-3H3;2*3H2,1-2H3;2*1-2H3. The largest absolute Gasteiger partial charge is 0.0999 e. The van der Waals surface area contributed by atoms with Crippen LogP contribution >= 0.6 is 0 Å². The van der Waals surface area contributed by atoms with E-state index in [9.17, 15) is 0 Å². The lowest BCUT2D eigenvalue weighted by Crippen LogP contribution is -2.02. The van der Waals surface area contributed by atoms with Gasteiger partial charge in [0, 0.05) is 0 Å². The first-order valence-corrected chi connectivity index (χ1v) is 14.2. The highest BCUT2D eigenvalue weighted by Gasteiger charge is 2.10. The maximum Gasteiger partial charge on any atom is -0.0294 e. The summed E-state index contributed by atoms with van der Waals surface area (Å²) >= 11 is 0. The summed E-state index contributed by atoms with van der Waals surface area (Å²) in [6.07, 6.45) is 21.9. The monoisotopic (exact) mass is 429 g/mol. The Morgan fingerprint density at radius 2 is 0.900 bits per heavy atom. The van der Waals surface area contributed by atoms with E-state index in [1.165, 1.54) is 108 Å². The van der Waals surface area contributed by atoms with E-state index in [2.05, 4.69) is 55.0 Å². The maximum atomic E-state index is 4.31. The molecule has 0 rings (SSSR count). The predicted molar refractivity (Wildman–Crippen MR) is 149 cm³/mol. The summed E-state index contributed by atoms with van der Waals surface area (Å²) in [7, 11) is 0. The van der Waals surface area contributed by atoms with Crippen LogP contribution in [0.5, 0.6) is 0 Å². The first kappa shape index (κ1) is 40.1. The minimum absolute atomic E-state index is 0.922. The van der Waals surface area contributed by atoms with E-state index in [0.717, 1.165) is 5.92 Å². The van der Waals surface area contributed by atoms with Crippen molar-refractivity contribution in [1.82, 2.24) is 0 Å². The van der Waals surface area contributed by atoms with Gasteiger partial charge in [-0.25, -0.2) is 0 Å². The smallest absolute Gasteiger partial charge is 0.0294 e. The summed E-state index contributed by atoms with van der Waals surface area (Å²) in [5.41, 5.74) is 1.51. The number of hydrogen-bond donors (Lipinski definition) is 0. The molecule has 0 radical (unpaired) electrons. The molecule has 0 amide bonds. The second kappa shape index (κ2) is 46.8. The SMILES string of the molecule is C=C(CCCC)CC(CCCC)CCCCCCCC.CC.CC.CCC.CCC. The van der Waals surface area contributed by atoms with Crippen molar-refractivity contribution >= 4 is 0 Å². The number of unbranched alkanes of at least 4 members (excludes halogenated alkanes) is 7. The molecule has 0 aromatic carbocycles. The third kappa shape index (κ3) is 50.9. The molecule has 0 aliphatic heterocycles. The zero-order valence-corrected chi connectivity index (χ0v) is 24.1. The highest BCUT2D eigenvalue weighted by Crippen LogP contribution is 2.25. The van der Waals surface area contributed by atoms with Gasteiger partial charge in [-0.15, -0.1) is 0 Å². The van der Waals surface area contributed by atoms with Gasteiger partial charge in [-0.1, -0.05) is 172 Å². The molecule has 0 aromatic heterocycles. The highest BCUT2D eigenvalue weighted by atomic mass is 14.2. The Balaban J connectivity index is -0.000000177. The molecule has 30 heavy (non-hydrogen) atoms. The molecule has 0 aliphatic carbocycles. The molecule has 1 unspecified atom stereocenters. The van der Waals surface area contributed by atoms with Crippen LogP contribution in [0.3, 0.4) is 0 Å². The van der Waals surface area contributed by atoms with Gasteiger partial charge in [0.15, 0.2) is 0 Å². The molecule has 0 nitrogen and oxygen atoms in total. The highest BCUT2D eigenvalue weighted by molar-refractivity contribution is 4.95. The van der Waals surface area contributed by atoms with Crippen LogP contribution in [0.25, 0.3) is 0 Å². The molecule has 0 N–H and O–H groups in total. The Bertz CT molecular complexity index is 226. The minimum atomic E-state index is 0.922. The van der Waals surface area contributed by atoms with Crippen molar-refractivity contribution in [3.8, 4) is 0 Å². The summed E-state index contributed by atoms with van der Waals surface area (Å²) in [6.45, 7) is 27.7. The van der Waals surface area contributed by atoms with Gasteiger partial charge in [0.05, 0.1) is 0 Å². The van der Waals surface area contributed by atoms with Crippen LogP contribution in [0.4, 0.5) is 0 Å². The summed E-state index contributed by atoms with van der Waals surface area (Å²) in [4.78, 5) is 0. The van der Waals surface area contributed by atoms with E-state index in [4.69, 9.17) is 0 Å². The van der Waals surface area contributed by atoms with Gasteiger partial charge < -0.3 is 0 Å². The zero-order valence-electron chi connectivity index (χ0n) is 24.1. The van der Waals surface area contributed by atoms with E-state index in [-0.39, 0.29) is 0 Å². The number of allylic oxidation sites excluding steroid dienone is 1. The van der Waals surface area contributed by atoms with Crippen molar-refractivity contribution in [2.24, 2.45) is 5.92 Å². The average molecular weight is 429 g/mol. The molecule has 188 valence electrons. The minimum Gasteiger partial charge on any atom is -0.0999 e. The molecule has 0 saturated carbocycles. The average Bonchev–Trinajstić information content (AvgIpc) is 2.76. The van der Waals surface area contributed by atoms with E-state index in [0.29, 0.717) is 0 Å². The molecule has 0 aromatic rings. The molecular weight excluding hydrogens is 360 g/mol. The lowest BCUT2D eigenvalue weighted by atomic mass is 9.88. The number of rotatable bonds is 15. The van der Waals surface area contributed by atoms with E-state index in [1.807, 2.05) is 27.7 Å². The van der Waals surface area contributed by atoms with Crippen LogP contribution in [0.15, 0.2) is 12.2 Å². The molecule has 1 atom stereocenters. The van der Waals surface area contributed by atoms with Crippen LogP contribution < -0.4 is 0 Å². The van der Waals surface area contributed by atoms with Crippen LogP contribution in [0, 0.1) is 5.92 Å². The second-order valence-corrected chi connectivity index (χ2v) is 8.04. The van der Waals surface area contributed by atoms with Gasteiger partial charge in [-0.3, -0.25) is 0 Å². The van der Waals surface area contributed by atoms with E-state index >= 15 is 0 Å². The molecule has 0 spiro atoms. The first-order chi connectivity index (χ1) is 14.6. The van der Waals surface area contributed by atoms with Gasteiger partial charge in [-0.2, -0.15) is 0 Å². The Kier molecular flexibility index (Phi) is 62.6. The Morgan fingerprint density at radius 3 is 1.33 bits per heavy atom. The fourth-order valence-corrected chi connectivity index (χ4v) is 2.99. The van der Waals surface area contributed by atoms with Crippen LogP contribution in [0.2, 0.25) is 0 Å². The molecular formula is C30H68. The maximum absolute atomic E-state index is 4.31. The van der Waals surface area contributed by atoms with Crippen molar-refractivity contribution < 1.29 is 0 Å². The molecule has 0 heteroatoms. The van der Waals surface area contributed by atoms with Crippen molar-refractivity contribution in [3.05, 3.63) is 12.2 Å². The quantitative estimate of drug-likeness (QED) is 0.180. The van der Waals surface area contributed by atoms with Gasteiger partial charge in [0.25, 0.3) is 0 Å². The van der Waals surface area contributed by atoms with Crippen molar-refractivity contribution in [3.63, 3.8) is 0 Å². The first-order valence-electron chi connectivity index (χ1n) is 14.2. The normalized spacial score (nSPS) is 9.97. The van der Waals surface area contributed by atoms with Gasteiger partial charge in [0.1, 0.15) is 0 Å².